The van der Waals surface area contributed by atoms with Crippen LogP contribution in [-0.2, 0) is 4.79 Å². The van der Waals surface area contributed by atoms with Gasteiger partial charge in [0.1, 0.15) is 0 Å². The minimum Gasteiger partial charge on any atom is -0.481 e. The van der Waals surface area contributed by atoms with Crippen LogP contribution in [0.1, 0.15) is 106 Å². The lowest BCUT2D eigenvalue weighted by Crippen LogP contribution is -2.67. The summed E-state index contributed by atoms with van der Waals surface area (Å²) in [5.41, 5.74) is 1.39. The van der Waals surface area contributed by atoms with E-state index in [4.69, 9.17) is 0 Å². The fourth-order valence-electron chi connectivity index (χ4n) is 11.5. The number of fused-ring (bicyclic) bond motifs is 7. The zero-order valence-corrected chi connectivity index (χ0v) is 22.0. The van der Waals surface area contributed by atoms with Crippen molar-refractivity contribution in [1.82, 2.24) is 0 Å². The van der Waals surface area contributed by atoms with Crippen LogP contribution in [0.15, 0.2) is 12.2 Å². The Kier molecular flexibility index (Phi) is 5.15. The van der Waals surface area contributed by atoms with E-state index in [0.29, 0.717) is 29.1 Å². The Morgan fingerprint density at radius 1 is 0.818 bits per heavy atom. The predicted molar refractivity (Wildman–Crippen MR) is 133 cm³/mol. The molecule has 5 rings (SSSR count). The van der Waals surface area contributed by atoms with Gasteiger partial charge in [0.2, 0.25) is 0 Å². The summed E-state index contributed by atoms with van der Waals surface area (Å²) in [5.74, 6) is 2.00. The summed E-state index contributed by atoms with van der Waals surface area (Å²) in [4.78, 5) is 12.5. The first kappa shape index (κ1) is 23.9. The van der Waals surface area contributed by atoms with Crippen molar-refractivity contribution in [3.05, 3.63) is 12.2 Å². The van der Waals surface area contributed by atoms with Crippen LogP contribution in [0.4, 0.5) is 0 Å². The zero-order chi connectivity index (χ0) is 24.2. The highest BCUT2D eigenvalue weighted by Gasteiger charge is 2.71. The summed E-state index contributed by atoms with van der Waals surface area (Å²) in [6.45, 7) is 18.8. The monoisotopic (exact) mass is 456 g/mol. The molecule has 3 heteroatoms. The van der Waals surface area contributed by atoms with Gasteiger partial charge in [-0.05, 0) is 129 Å². The molecule has 0 heterocycles. The Hall–Kier alpha value is -0.830. The van der Waals surface area contributed by atoms with E-state index in [9.17, 15) is 15.0 Å². The third-order valence-corrected chi connectivity index (χ3v) is 13.6. The van der Waals surface area contributed by atoms with Crippen molar-refractivity contribution in [2.75, 3.05) is 0 Å². The number of allylic oxidation sites excluding steroid dienone is 1. The first-order valence-electron chi connectivity index (χ1n) is 13.8. The SMILES string of the molecule is C=C(C)C1CCC2(C)CCC3(C)C(CCC4C5(C)CCC(O)C(C)(C(=O)O)C5CCC43C)C12. The number of carboxylic acids is 1. The predicted octanol–water partition coefficient (Wildman–Crippen LogP) is 7.09. The maximum absolute atomic E-state index is 12.5. The van der Waals surface area contributed by atoms with Crippen LogP contribution in [0.3, 0.4) is 0 Å². The van der Waals surface area contributed by atoms with Crippen molar-refractivity contribution >= 4 is 5.97 Å². The van der Waals surface area contributed by atoms with Gasteiger partial charge in [-0.25, -0.2) is 0 Å². The lowest BCUT2D eigenvalue weighted by Gasteiger charge is -2.72. The molecule has 0 saturated heterocycles. The molecule has 5 aliphatic carbocycles. The molecule has 11 atom stereocenters. The molecule has 11 unspecified atom stereocenters. The Morgan fingerprint density at radius 3 is 2.15 bits per heavy atom. The van der Waals surface area contributed by atoms with E-state index in [2.05, 4.69) is 41.2 Å². The summed E-state index contributed by atoms with van der Waals surface area (Å²) in [7, 11) is 0. The highest BCUT2D eigenvalue weighted by atomic mass is 16.4. The van der Waals surface area contributed by atoms with Crippen molar-refractivity contribution < 1.29 is 15.0 Å². The Morgan fingerprint density at radius 2 is 1.52 bits per heavy atom. The summed E-state index contributed by atoms with van der Waals surface area (Å²) in [6, 6.07) is 0. The van der Waals surface area contributed by atoms with Gasteiger partial charge in [-0.1, -0.05) is 39.8 Å². The molecule has 186 valence electrons. The smallest absolute Gasteiger partial charge is 0.312 e. The molecule has 0 spiro atoms. The minimum absolute atomic E-state index is 0.00245. The first-order chi connectivity index (χ1) is 15.3. The van der Waals surface area contributed by atoms with E-state index >= 15 is 0 Å². The third-order valence-electron chi connectivity index (χ3n) is 13.6. The lowest BCUT2D eigenvalue weighted by molar-refractivity contribution is -0.250. The van der Waals surface area contributed by atoms with Gasteiger partial charge >= 0.3 is 5.97 Å². The maximum Gasteiger partial charge on any atom is 0.312 e. The second kappa shape index (κ2) is 7.11. The lowest BCUT2D eigenvalue weighted by atomic mass is 9.32. The number of hydrogen-bond donors (Lipinski definition) is 2. The normalized spacial score (nSPS) is 57.9. The fraction of sp³-hybridized carbons (Fsp3) is 0.900. The quantitative estimate of drug-likeness (QED) is 0.436. The molecule has 3 nitrogen and oxygen atoms in total. The van der Waals surface area contributed by atoms with Gasteiger partial charge in [0.25, 0.3) is 0 Å². The van der Waals surface area contributed by atoms with Gasteiger partial charge in [0.15, 0.2) is 0 Å². The number of carboxylic acid groups (broad SMARTS) is 1. The van der Waals surface area contributed by atoms with E-state index in [-0.39, 0.29) is 16.7 Å². The molecule has 0 aromatic rings. The largest absolute Gasteiger partial charge is 0.481 e. The van der Waals surface area contributed by atoms with Crippen molar-refractivity contribution in [2.45, 2.75) is 112 Å². The van der Waals surface area contributed by atoms with E-state index in [1.807, 2.05) is 6.92 Å². The minimum atomic E-state index is -1.02. The number of aliphatic hydroxyl groups is 1. The molecular weight excluding hydrogens is 408 g/mol. The van der Waals surface area contributed by atoms with Crippen LogP contribution in [0.2, 0.25) is 0 Å². The van der Waals surface area contributed by atoms with Gasteiger partial charge in [-0.2, -0.15) is 0 Å². The second-order valence-electron chi connectivity index (χ2n) is 14.5. The molecule has 0 aromatic heterocycles. The van der Waals surface area contributed by atoms with Gasteiger partial charge in [-0.15, -0.1) is 0 Å². The third kappa shape index (κ3) is 2.75. The zero-order valence-electron chi connectivity index (χ0n) is 22.0. The van der Waals surface area contributed by atoms with Crippen LogP contribution < -0.4 is 0 Å². The van der Waals surface area contributed by atoms with Gasteiger partial charge in [0, 0.05) is 0 Å². The number of aliphatic hydroxyl groups excluding tert-OH is 1. The van der Waals surface area contributed by atoms with Crippen molar-refractivity contribution in [1.29, 1.82) is 0 Å². The van der Waals surface area contributed by atoms with E-state index in [1.54, 1.807) is 0 Å². The summed E-state index contributed by atoms with van der Waals surface area (Å²) in [6.07, 6.45) is 10.8. The highest BCUT2D eigenvalue weighted by Crippen LogP contribution is 2.77. The van der Waals surface area contributed by atoms with Crippen LogP contribution in [0.25, 0.3) is 0 Å². The van der Waals surface area contributed by atoms with Gasteiger partial charge < -0.3 is 10.2 Å². The van der Waals surface area contributed by atoms with E-state index in [1.165, 1.54) is 44.1 Å². The Bertz CT molecular complexity index is 865. The number of hydrogen-bond acceptors (Lipinski definition) is 2. The molecule has 2 N–H and O–H groups in total. The van der Waals surface area contributed by atoms with E-state index < -0.39 is 17.5 Å². The number of aliphatic carboxylic acids is 1. The van der Waals surface area contributed by atoms with E-state index in [0.717, 1.165) is 31.1 Å². The number of rotatable bonds is 2. The highest BCUT2D eigenvalue weighted by molar-refractivity contribution is 5.76. The van der Waals surface area contributed by atoms with Gasteiger partial charge in [0.05, 0.1) is 11.5 Å². The Balaban J connectivity index is 1.55. The first-order valence-corrected chi connectivity index (χ1v) is 13.8. The van der Waals surface area contributed by atoms with Crippen LogP contribution in [-0.4, -0.2) is 22.3 Å². The topological polar surface area (TPSA) is 57.5 Å². The van der Waals surface area contributed by atoms with Crippen molar-refractivity contribution in [3.8, 4) is 0 Å². The van der Waals surface area contributed by atoms with Crippen LogP contribution in [0, 0.1) is 56.7 Å². The molecule has 0 amide bonds. The molecule has 5 aliphatic rings. The summed E-state index contributed by atoms with van der Waals surface area (Å²) in [5, 5.41) is 21.1. The molecule has 5 saturated carbocycles. The van der Waals surface area contributed by atoms with Crippen molar-refractivity contribution in [3.63, 3.8) is 0 Å². The molecular formula is C30H48O3. The van der Waals surface area contributed by atoms with Crippen molar-refractivity contribution in [2.24, 2.45) is 56.7 Å². The summed E-state index contributed by atoms with van der Waals surface area (Å²) < 4.78 is 0. The molecule has 0 radical (unpaired) electrons. The molecule has 0 bridgehead atoms. The molecule has 0 aromatic carbocycles. The maximum atomic E-state index is 12.5. The van der Waals surface area contributed by atoms with Gasteiger partial charge in [-0.3, -0.25) is 4.79 Å². The average Bonchev–Trinajstić information content (AvgIpc) is 3.09. The Labute approximate surface area is 201 Å². The standard InChI is InChI=1S/C30H48O3/c1-18(2)19-10-13-26(3)16-17-28(5)20(24(19)26)8-9-21-27(4)14-12-23(31)30(7,25(32)33)22(27)11-15-29(21,28)6/h19-24,31H,1,8-17H2,2-7H3,(H,32,33). The molecule has 0 aliphatic heterocycles. The van der Waals surface area contributed by atoms with Crippen LogP contribution in [0.5, 0.6) is 0 Å². The molecule has 33 heavy (non-hydrogen) atoms. The average molecular weight is 457 g/mol. The number of carbonyl (C=O) groups is 1. The molecule has 5 fully saturated rings. The van der Waals surface area contributed by atoms with Crippen LogP contribution >= 0.6 is 0 Å². The second-order valence-corrected chi connectivity index (χ2v) is 14.5. The fourth-order valence-corrected chi connectivity index (χ4v) is 11.5. The summed E-state index contributed by atoms with van der Waals surface area (Å²) >= 11 is 0.